The number of nitrogens with two attached hydrogens (primary N) is 1. The number of ether oxygens (including phenoxy) is 1. The molecule has 0 saturated carbocycles. The van der Waals surface area contributed by atoms with Gasteiger partial charge in [0.25, 0.3) is 5.91 Å². The molecule has 2 aromatic carbocycles. The van der Waals surface area contributed by atoms with Gasteiger partial charge in [-0.1, -0.05) is 24.7 Å². The number of rotatable bonds is 7. The Morgan fingerprint density at radius 1 is 1.26 bits per heavy atom. The Kier molecular flexibility index (Phi) is 5.93. The molecule has 0 unspecified atom stereocenters. The number of hydrogen-bond acceptors (Lipinski definition) is 6. The lowest BCUT2D eigenvalue weighted by Crippen LogP contribution is -2.13. The van der Waals surface area contributed by atoms with E-state index < -0.39 is 0 Å². The number of nitrogens with one attached hydrogen (secondary N) is 2. The van der Waals surface area contributed by atoms with Crippen molar-refractivity contribution in [3.63, 3.8) is 0 Å². The molecule has 0 fully saturated rings. The van der Waals surface area contributed by atoms with Crippen LogP contribution in [0.25, 0.3) is 10.2 Å². The van der Waals surface area contributed by atoms with Crippen molar-refractivity contribution in [2.45, 2.75) is 33.6 Å². The Morgan fingerprint density at radius 3 is 2.67 bits per heavy atom. The molecule has 0 aliphatic heterocycles. The van der Waals surface area contributed by atoms with E-state index in [0.717, 1.165) is 45.6 Å². The smallest absolute Gasteiger partial charge is 0.255 e. The van der Waals surface area contributed by atoms with Gasteiger partial charge in [0, 0.05) is 11.3 Å². The van der Waals surface area contributed by atoms with Crippen LogP contribution in [0, 0.1) is 13.8 Å². The van der Waals surface area contributed by atoms with Crippen LogP contribution in [0.3, 0.4) is 0 Å². The van der Waals surface area contributed by atoms with Gasteiger partial charge in [-0.05, 0) is 61.7 Å². The van der Waals surface area contributed by atoms with Crippen LogP contribution in [0.15, 0.2) is 30.3 Å². The number of fused-ring (bicyclic) bond motifs is 1. The van der Waals surface area contributed by atoms with Gasteiger partial charge in [0.15, 0.2) is 5.13 Å². The molecular weight excluding hydrogens is 360 g/mol. The Labute approximate surface area is 162 Å². The van der Waals surface area contributed by atoms with Crippen molar-refractivity contribution in [2.24, 2.45) is 5.84 Å². The zero-order valence-corrected chi connectivity index (χ0v) is 16.6. The van der Waals surface area contributed by atoms with Gasteiger partial charge in [-0.2, -0.15) is 0 Å². The molecule has 0 bridgehead atoms. The van der Waals surface area contributed by atoms with Crippen LogP contribution in [-0.2, 0) is 0 Å². The molecule has 0 saturated heterocycles. The lowest BCUT2D eigenvalue weighted by atomic mass is 10.1. The first-order chi connectivity index (χ1) is 13.0. The van der Waals surface area contributed by atoms with Gasteiger partial charge in [0.05, 0.1) is 16.8 Å². The molecule has 0 radical (unpaired) electrons. The van der Waals surface area contributed by atoms with E-state index in [1.165, 1.54) is 11.3 Å². The van der Waals surface area contributed by atoms with E-state index in [-0.39, 0.29) is 5.91 Å². The molecule has 0 aliphatic carbocycles. The lowest BCUT2D eigenvalue weighted by molar-refractivity contribution is 0.102. The van der Waals surface area contributed by atoms with Gasteiger partial charge in [0.2, 0.25) is 0 Å². The highest BCUT2D eigenvalue weighted by atomic mass is 32.1. The van der Waals surface area contributed by atoms with Crippen LogP contribution in [0.5, 0.6) is 5.75 Å². The van der Waals surface area contributed by atoms with Crippen LogP contribution >= 0.6 is 11.3 Å². The third-order valence-corrected chi connectivity index (χ3v) is 5.48. The van der Waals surface area contributed by atoms with Crippen molar-refractivity contribution in [3.8, 4) is 5.75 Å². The average Bonchev–Trinajstić information content (AvgIpc) is 3.09. The second-order valence-corrected chi connectivity index (χ2v) is 7.38. The van der Waals surface area contributed by atoms with Crippen LogP contribution < -0.4 is 21.3 Å². The van der Waals surface area contributed by atoms with Crippen molar-refractivity contribution in [2.75, 3.05) is 17.3 Å². The first-order valence-electron chi connectivity index (χ1n) is 8.95. The van der Waals surface area contributed by atoms with Crippen LogP contribution in [0.4, 0.5) is 10.8 Å². The quantitative estimate of drug-likeness (QED) is 0.314. The minimum absolute atomic E-state index is 0.151. The van der Waals surface area contributed by atoms with Crippen molar-refractivity contribution < 1.29 is 9.53 Å². The van der Waals surface area contributed by atoms with Crippen LogP contribution in [-0.4, -0.2) is 17.5 Å². The number of carbonyl (C=O) groups excluding carboxylic acids is 1. The molecular formula is C20H24N4O2S. The molecule has 0 aliphatic rings. The number of aromatic nitrogens is 1. The summed E-state index contributed by atoms with van der Waals surface area (Å²) in [4.78, 5) is 17.1. The highest BCUT2D eigenvalue weighted by Gasteiger charge is 2.15. The summed E-state index contributed by atoms with van der Waals surface area (Å²) < 4.78 is 6.65. The van der Waals surface area contributed by atoms with Gasteiger partial charge in [0.1, 0.15) is 5.75 Å². The maximum atomic E-state index is 12.7. The van der Waals surface area contributed by atoms with Gasteiger partial charge in [-0.3, -0.25) is 10.2 Å². The molecule has 27 heavy (non-hydrogen) atoms. The standard InChI is InChI=1S/C20H24N4O2S/c1-4-5-10-26-15-8-6-14(7-9-15)19(25)23-17-12(2)11-16-18(13(17)3)27-20(22-16)24-21/h6-9,11H,4-5,10,21H2,1-3H3,(H,22,24)(H,23,25). The van der Waals surface area contributed by atoms with E-state index in [2.05, 4.69) is 22.7 Å². The summed E-state index contributed by atoms with van der Waals surface area (Å²) in [6.07, 6.45) is 2.11. The number of amides is 1. The van der Waals surface area contributed by atoms with Gasteiger partial charge in [-0.15, -0.1) is 0 Å². The maximum Gasteiger partial charge on any atom is 0.255 e. The zero-order valence-electron chi connectivity index (χ0n) is 15.8. The summed E-state index contributed by atoms with van der Waals surface area (Å²) in [6, 6.07) is 9.18. The fourth-order valence-electron chi connectivity index (χ4n) is 2.86. The number of anilines is 2. The van der Waals surface area contributed by atoms with E-state index in [0.29, 0.717) is 17.3 Å². The number of hydrazine groups is 1. The number of unbranched alkanes of at least 4 members (excludes halogenated alkanes) is 1. The van der Waals surface area contributed by atoms with E-state index in [1.54, 1.807) is 12.1 Å². The van der Waals surface area contributed by atoms with E-state index in [4.69, 9.17) is 10.6 Å². The van der Waals surface area contributed by atoms with Crippen molar-refractivity contribution in [3.05, 3.63) is 47.0 Å². The molecule has 7 heteroatoms. The number of nitrogen functional groups attached to an aromatic ring is 1. The summed E-state index contributed by atoms with van der Waals surface area (Å²) in [5.74, 6) is 6.09. The molecule has 1 heterocycles. The SMILES string of the molecule is CCCCOc1ccc(C(=O)Nc2c(C)cc3nc(NN)sc3c2C)cc1. The first kappa shape index (κ1) is 19.1. The Hall–Kier alpha value is -2.64. The number of benzene rings is 2. The van der Waals surface area contributed by atoms with Crippen LogP contribution in [0.1, 0.15) is 41.3 Å². The summed E-state index contributed by atoms with van der Waals surface area (Å²) in [6.45, 7) is 6.75. The normalized spacial score (nSPS) is 10.8. The highest BCUT2D eigenvalue weighted by Crippen LogP contribution is 2.35. The molecule has 1 amide bonds. The number of aryl methyl sites for hydroxylation is 2. The maximum absolute atomic E-state index is 12.7. The van der Waals surface area contributed by atoms with E-state index >= 15 is 0 Å². The third-order valence-electron chi connectivity index (χ3n) is 4.36. The first-order valence-corrected chi connectivity index (χ1v) is 9.76. The Bertz CT molecular complexity index is 951. The van der Waals surface area contributed by atoms with Gasteiger partial charge >= 0.3 is 0 Å². The summed E-state index contributed by atoms with van der Waals surface area (Å²) in [5.41, 5.74) is 6.79. The number of carbonyl (C=O) groups is 1. The zero-order chi connectivity index (χ0) is 19.4. The number of nitrogens with zero attached hydrogens (tertiary/aromatic N) is 1. The number of hydrogen-bond donors (Lipinski definition) is 3. The van der Waals surface area contributed by atoms with Gasteiger partial charge < -0.3 is 10.1 Å². The molecule has 1 aromatic heterocycles. The molecule has 0 atom stereocenters. The summed E-state index contributed by atoms with van der Waals surface area (Å²) in [5, 5.41) is 3.68. The van der Waals surface area contributed by atoms with E-state index in [9.17, 15) is 4.79 Å². The topological polar surface area (TPSA) is 89.3 Å². The fraction of sp³-hybridized carbons (Fsp3) is 0.300. The van der Waals surface area contributed by atoms with Gasteiger partial charge in [-0.25, -0.2) is 10.8 Å². The van der Waals surface area contributed by atoms with Crippen molar-refractivity contribution >= 4 is 38.3 Å². The molecule has 0 spiro atoms. The van der Waals surface area contributed by atoms with Crippen molar-refractivity contribution in [1.29, 1.82) is 0 Å². The minimum atomic E-state index is -0.151. The Balaban J connectivity index is 1.79. The Morgan fingerprint density at radius 2 is 2.00 bits per heavy atom. The molecule has 3 rings (SSSR count). The molecule has 142 valence electrons. The number of thiazole rings is 1. The predicted molar refractivity (Wildman–Crippen MR) is 112 cm³/mol. The van der Waals surface area contributed by atoms with Crippen LogP contribution in [0.2, 0.25) is 0 Å². The molecule has 3 aromatic rings. The van der Waals surface area contributed by atoms with E-state index in [1.807, 2.05) is 32.0 Å². The second kappa shape index (κ2) is 8.37. The third kappa shape index (κ3) is 4.20. The fourth-order valence-corrected chi connectivity index (χ4v) is 3.72. The summed E-state index contributed by atoms with van der Waals surface area (Å²) >= 11 is 1.47. The lowest BCUT2D eigenvalue weighted by Gasteiger charge is -2.13. The molecule has 6 nitrogen and oxygen atoms in total. The molecule has 4 N–H and O–H groups in total. The minimum Gasteiger partial charge on any atom is -0.494 e. The monoisotopic (exact) mass is 384 g/mol. The predicted octanol–water partition coefficient (Wildman–Crippen LogP) is 4.63. The highest BCUT2D eigenvalue weighted by molar-refractivity contribution is 7.22. The largest absolute Gasteiger partial charge is 0.494 e. The van der Waals surface area contributed by atoms with Crippen molar-refractivity contribution in [1.82, 2.24) is 4.98 Å². The summed E-state index contributed by atoms with van der Waals surface area (Å²) in [7, 11) is 0. The average molecular weight is 385 g/mol. The second-order valence-electron chi connectivity index (χ2n) is 6.39.